The largest absolute Gasteiger partial charge is 0.378 e. The van der Waals surface area contributed by atoms with Gasteiger partial charge in [0, 0.05) is 7.11 Å². The van der Waals surface area contributed by atoms with Crippen LogP contribution in [0.15, 0.2) is 9.98 Å². The lowest BCUT2D eigenvalue weighted by Crippen LogP contribution is -2.29. The Hall–Kier alpha value is -1.50. The van der Waals surface area contributed by atoms with E-state index < -0.39 is 0 Å². The predicted molar refractivity (Wildman–Crippen MR) is 52.2 cm³/mol. The van der Waals surface area contributed by atoms with Crippen LogP contribution >= 0.6 is 0 Å². The van der Waals surface area contributed by atoms with Crippen molar-refractivity contribution < 1.29 is 4.74 Å². The SMILES string of the molecule is COC(CN=C(N)N)CN=C(N)N. The number of hydrogen-bond donors (Lipinski definition) is 4. The van der Waals surface area contributed by atoms with Crippen LogP contribution < -0.4 is 22.9 Å². The average molecular weight is 188 g/mol. The van der Waals surface area contributed by atoms with Gasteiger partial charge >= 0.3 is 0 Å². The zero-order valence-electron chi connectivity index (χ0n) is 7.60. The number of guanidine groups is 2. The molecule has 0 heterocycles. The molecule has 0 amide bonds. The molecule has 7 heteroatoms. The Kier molecular flexibility index (Phi) is 5.37. The third-order valence-electron chi connectivity index (χ3n) is 1.29. The number of aliphatic imine (C=N–C) groups is 2. The Morgan fingerprint density at radius 3 is 1.69 bits per heavy atom. The monoisotopic (exact) mass is 188 g/mol. The van der Waals surface area contributed by atoms with Gasteiger partial charge in [-0.3, -0.25) is 9.98 Å². The second kappa shape index (κ2) is 6.06. The van der Waals surface area contributed by atoms with E-state index in [0.29, 0.717) is 13.1 Å². The number of nitrogens with two attached hydrogens (primary N) is 4. The standard InChI is InChI=1S/C6H16N6O/c1-13-4(2-11-5(7)8)3-12-6(9)10/h4H,2-3H2,1H3,(H4,7,8,11)(H4,9,10,12). The highest BCUT2D eigenvalue weighted by molar-refractivity contribution is 5.76. The summed E-state index contributed by atoms with van der Waals surface area (Å²) in [6, 6.07) is 0. The molecule has 76 valence electrons. The summed E-state index contributed by atoms with van der Waals surface area (Å²) in [7, 11) is 1.54. The number of methoxy groups -OCH3 is 1. The van der Waals surface area contributed by atoms with E-state index >= 15 is 0 Å². The van der Waals surface area contributed by atoms with Crippen LogP contribution in [0, 0.1) is 0 Å². The van der Waals surface area contributed by atoms with Crippen LogP contribution in [-0.2, 0) is 4.74 Å². The number of rotatable bonds is 5. The van der Waals surface area contributed by atoms with Crippen molar-refractivity contribution in [3.8, 4) is 0 Å². The van der Waals surface area contributed by atoms with Crippen molar-refractivity contribution in [1.29, 1.82) is 0 Å². The molecule has 0 radical (unpaired) electrons. The molecule has 0 aliphatic carbocycles. The van der Waals surface area contributed by atoms with Crippen LogP contribution in [0.4, 0.5) is 0 Å². The molecular formula is C6H16N6O. The highest BCUT2D eigenvalue weighted by Gasteiger charge is 2.04. The summed E-state index contributed by atoms with van der Waals surface area (Å²) in [5.41, 5.74) is 20.6. The summed E-state index contributed by atoms with van der Waals surface area (Å²) in [6.45, 7) is 0.686. The van der Waals surface area contributed by atoms with Crippen LogP contribution in [0.5, 0.6) is 0 Å². The lowest BCUT2D eigenvalue weighted by atomic mass is 10.3. The van der Waals surface area contributed by atoms with Gasteiger partial charge in [0.2, 0.25) is 0 Å². The van der Waals surface area contributed by atoms with Crippen LogP contribution in [-0.4, -0.2) is 38.2 Å². The minimum atomic E-state index is -0.204. The van der Waals surface area contributed by atoms with Crippen LogP contribution in [0.25, 0.3) is 0 Å². The van der Waals surface area contributed by atoms with Gasteiger partial charge in [0.25, 0.3) is 0 Å². The molecule has 0 fully saturated rings. The van der Waals surface area contributed by atoms with Crippen molar-refractivity contribution in [2.75, 3.05) is 20.2 Å². The third-order valence-corrected chi connectivity index (χ3v) is 1.29. The molecule has 0 aromatic carbocycles. The van der Waals surface area contributed by atoms with E-state index in [2.05, 4.69) is 9.98 Å². The van der Waals surface area contributed by atoms with Gasteiger partial charge in [-0.2, -0.15) is 0 Å². The summed E-state index contributed by atoms with van der Waals surface area (Å²) in [5.74, 6) is 0.0403. The molecule has 7 nitrogen and oxygen atoms in total. The van der Waals surface area contributed by atoms with Crippen molar-refractivity contribution in [2.45, 2.75) is 6.10 Å². The smallest absolute Gasteiger partial charge is 0.185 e. The second-order valence-electron chi connectivity index (χ2n) is 2.39. The highest BCUT2D eigenvalue weighted by Crippen LogP contribution is 1.91. The number of ether oxygens (including phenoxy) is 1. The van der Waals surface area contributed by atoms with Crippen LogP contribution in [0.1, 0.15) is 0 Å². The van der Waals surface area contributed by atoms with Crippen molar-refractivity contribution in [3.05, 3.63) is 0 Å². The molecule has 0 saturated heterocycles. The first-order valence-corrected chi connectivity index (χ1v) is 3.69. The summed E-state index contributed by atoms with van der Waals surface area (Å²) < 4.78 is 5.01. The topological polar surface area (TPSA) is 138 Å². The van der Waals surface area contributed by atoms with Crippen molar-refractivity contribution in [3.63, 3.8) is 0 Å². The van der Waals surface area contributed by atoms with Crippen molar-refractivity contribution in [2.24, 2.45) is 32.9 Å². The molecule has 0 unspecified atom stereocenters. The summed E-state index contributed by atoms with van der Waals surface area (Å²) in [6.07, 6.45) is -0.204. The minimum Gasteiger partial charge on any atom is -0.378 e. The molecule has 0 aromatic rings. The van der Waals surface area contributed by atoms with Gasteiger partial charge in [0.1, 0.15) is 0 Å². The van der Waals surface area contributed by atoms with Gasteiger partial charge in [-0.15, -0.1) is 0 Å². The van der Waals surface area contributed by atoms with E-state index in [-0.39, 0.29) is 18.0 Å². The minimum absolute atomic E-state index is 0.0201. The van der Waals surface area contributed by atoms with Crippen molar-refractivity contribution in [1.82, 2.24) is 0 Å². The molecule has 13 heavy (non-hydrogen) atoms. The molecule has 8 N–H and O–H groups in total. The quantitative estimate of drug-likeness (QED) is 0.280. The first-order chi connectivity index (χ1) is 6.06. The Bertz CT molecular complexity index is 173. The summed E-state index contributed by atoms with van der Waals surface area (Å²) >= 11 is 0. The van der Waals surface area contributed by atoms with Crippen LogP contribution in [0.2, 0.25) is 0 Å². The molecule has 0 spiro atoms. The number of hydrogen-bond acceptors (Lipinski definition) is 3. The third kappa shape index (κ3) is 6.88. The molecule has 0 rings (SSSR count). The Morgan fingerprint density at radius 2 is 1.46 bits per heavy atom. The van der Waals surface area contributed by atoms with E-state index in [1.54, 1.807) is 0 Å². The fourth-order valence-electron chi connectivity index (χ4n) is 0.621. The van der Waals surface area contributed by atoms with Gasteiger partial charge in [0.15, 0.2) is 11.9 Å². The molecule has 0 saturated carbocycles. The lowest BCUT2D eigenvalue weighted by Gasteiger charge is -2.09. The molecule has 0 atom stereocenters. The van der Waals surface area contributed by atoms with E-state index in [1.165, 1.54) is 7.11 Å². The predicted octanol–water partition coefficient (Wildman–Crippen LogP) is -2.45. The highest BCUT2D eigenvalue weighted by atomic mass is 16.5. The summed E-state index contributed by atoms with van der Waals surface area (Å²) in [5, 5.41) is 0. The maximum absolute atomic E-state index is 5.14. The van der Waals surface area contributed by atoms with E-state index in [4.69, 9.17) is 27.7 Å². The van der Waals surface area contributed by atoms with E-state index in [9.17, 15) is 0 Å². The first kappa shape index (κ1) is 11.5. The maximum Gasteiger partial charge on any atom is 0.185 e. The van der Waals surface area contributed by atoms with Gasteiger partial charge in [-0.25, -0.2) is 0 Å². The van der Waals surface area contributed by atoms with Gasteiger partial charge in [-0.05, 0) is 0 Å². The van der Waals surface area contributed by atoms with E-state index in [0.717, 1.165) is 0 Å². The summed E-state index contributed by atoms with van der Waals surface area (Å²) in [4.78, 5) is 7.54. The van der Waals surface area contributed by atoms with E-state index in [1.807, 2.05) is 0 Å². The molecule has 0 aliphatic rings. The number of nitrogens with zero attached hydrogens (tertiary/aromatic N) is 2. The van der Waals surface area contributed by atoms with Crippen molar-refractivity contribution >= 4 is 11.9 Å². The Morgan fingerprint density at radius 1 is 1.08 bits per heavy atom. The Balaban J connectivity index is 3.90. The average Bonchev–Trinajstić information content (AvgIpc) is 2.04. The van der Waals surface area contributed by atoms with Gasteiger partial charge in [0.05, 0.1) is 19.2 Å². The molecule has 0 aromatic heterocycles. The second-order valence-corrected chi connectivity index (χ2v) is 2.39. The van der Waals surface area contributed by atoms with Gasteiger partial charge < -0.3 is 27.7 Å². The van der Waals surface area contributed by atoms with Gasteiger partial charge in [-0.1, -0.05) is 0 Å². The zero-order chi connectivity index (χ0) is 10.3. The maximum atomic E-state index is 5.14. The molecular weight excluding hydrogens is 172 g/mol. The lowest BCUT2D eigenvalue weighted by molar-refractivity contribution is 0.117. The fourth-order valence-corrected chi connectivity index (χ4v) is 0.621. The zero-order valence-corrected chi connectivity index (χ0v) is 7.60. The van der Waals surface area contributed by atoms with Crippen LogP contribution in [0.3, 0.4) is 0 Å². The Labute approximate surface area is 76.8 Å². The first-order valence-electron chi connectivity index (χ1n) is 3.69. The fraction of sp³-hybridized carbons (Fsp3) is 0.667. The normalized spacial score (nSPS) is 9.69. The molecule has 0 aliphatic heterocycles. The molecule has 0 bridgehead atoms.